The first-order valence-electron chi connectivity index (χ1n) is 8.75. The number of morpholine rings is 1. The van der Waals surface area contributed by atoms with Crippen molar-refractivity contribution in [1.82, 2.24) is 4.90 Å². The zero-order chi connectivity index (χ0) is 18.0. The summed E-state index contributed by atoms with van der Waals surface area (Å²) in [5, 5.41) is 0. The van der Waals surface area contributed by atoms with E-state index in [1.807, 2.05) is 20.8 Å². The van der Waals surface area contributed by atoms with E-state index in [-0.39, 0.29) is 17.9 Å². The highest BCUT2D eigenvalue weighted by molar-refractivity contribution is 5.92. The molecule has 2 saturated heterocycles. The van der Waals surface area contributed by atoms with Crippen LogP contribution in [0.15, 0.2) is 29.3 Å². The summed E-state index contributed by atoms with van der Waals surface area (Å²) in [5.41, 5.74) is 0.390. The van der Waals surface area contributed by atoms with Gasteiger partial charge in [-0.05, 0) is 51.3 Å². The lowest BCUT2D eigenvalue weighted by molar-refractivity contribution is -0.0240. The molecule has 2 fully saturated rings. The zero-order valence-electron chi connectivity index (χ0n) is 15.0. The van der Waals surface area contributed by atoms with Gasteiger partial charge < -0.3 is 14.4 Å². The van der Waals surface area contributed by atoms with Crippen LogP contribution in [0.2, 0.25) is 0 Å². The molecule has 25 heavy (non-hydrogen) atoms. The molecule has 136 valence electrons. The second-order valence-corrected chi connectivity index (χ2v) is 7.57. The maximum Gasteiger partial charge on any atom is 0.435 e. The summed E-state index contributed by atoms with van der Waals surface area (Å²) in [6, 6.07) is 6.55. The van der Waals surface area contributed by atoms with E-state index >= 15 is 0 Å². The van der Waals surface area contributed by atoms with Crippen molar-refractivity contribution in [3.05, 3.63) is 35.6 Å². The average Bonchev–Trinajstić information content (AvgIpc) is 2.53. The highest BCUT2D eigenvalue weighted by atomic mass is 19.1. The Morgan fingerprint density at radius 3 is 2.68 bits per heavy atom. The van der Waals surface area contributed by atoms with Crippen LogP contribution in [0.1, 0.15) is 51.6 Å². The van der Waals surface area contributed by atoms with Crippen molar-refractivity contribution < 1.29 is 18.7 Å². The van der Waals surface area contributed by atoms with Crippen LogP contribution in [0.3, 0.4) is 0 Å². The normalized spacial score (nSPS) is 25.6. The van der Waals surface area contributed by atoms with Crippen LogP contribution in [0.25, 0.3) is 0 Å². The predicted octanol–water partition coefficient (Wildman–Crippen LogP) is 4.09. The molecule has 0 N–H and O–H groups in total. The lowest BCUT2D eigenvalue weighted by Crippen LogP contribution is -2.53. The van der Waals surface area contributed by atoms with Crippen LogP contribution < -0.4 is 0 Å². The van der Waals surface area contributed by atoms with Crippen LogP contribution in [0, 0.1) is 5.82 Å². The Labute approximate surface area is 147 Å². The van der Waals surface area contributed by atoms with E-state index in [1.165, 1.54) is 12.1 Å². The molecule has 1 amide bonds. The zero-order valence-corrected chi connectivity index (χ0v) is 15.0. The lowest BCUT2D eigenvalue weighted by atomic mass is 9.94. The average molecular weight is 348 g/mol. The van der Waals surface area contributed by atoms with Gasteiger partial charge in [0.15, 0.2) is 0 Å². The molecule has 0 bridgehead atoms. The van der Waals surface area contributed by atoms with Crippen LogP contribution in [0.5, 0.6) is 0 Å². The first-order valence-corrected chi connectivity index (χ1v) is 8.75. The number of benzene rings is 1. The third-order valence-corrected chi connectivity index (χ3v) is 4.42. The summed E-state index contributed by atoms with van der Waals surface area (Å²) >= 11 is 0. The Kier molecular flexibility index (Phi) is 5.08. The fourth-order valence-electron chi connectivity index (χ4n) is 3.41. The Morgan fingerprint density at radius 1 is 1.28 bits per heavy atom. The number of aliphatic imine (C=N–C) groups is 1. The first-order chi connectivity index (χ1) is 11.8. The van der Waals surface area contributed by atoms with Gasteiger partial charge in [-0.3, -0.25) is 0 Å². The molecule has 0 spiro atoms. The Morgan fingerprint density at radius 2 is 2.00 bits per heavy atom. The minimum atomic E-state index is -0.573. The van der Waals surface area contributed by atoms with Gasteiger partial charge in [0.1, 0.15) is 17.3 Å². The topological polar surface area (TPSA) is 51.1 Å². The van der Waals surface area contributed by atoms with Crippen molar-refractivity contribution in [2.45, 2.75) is 57.7 Å². The minimum absolute atomic E-state index is 0.0687. The second kappa shape index (κ2) is 7.12. The first kappa shape index (κ1) is 17.9. The molecule has 2 aliphatic rings. The third-order valence-electron chi connectivity index (χ3n) is 4.42. The van der Waals surface area contributed by atoms with E-state index in [1.54, 1.807) is 12.1 Å². The van der Waals surface area contributed by atoms with Crippen molar-refractivity contribution in [3.63, 3.8) is 0 Å². The SMILES string of the molecule is CC(C)(C)OC(=O)/N=C1\CCCC2COCC(c3ccc(F)cc3)N12. The van der Waals surface area contributed by atoms with Gasteiger partial charge in [0, 0.05) is 6.42 Å². The lowest BCUT2D eigenvalue weighted by Gasteiger charge is -2.46. The molecule has 0 aliphatic carbocycles. The number of hydrogen-bond donors (Lipinski definition) is 0. The number of fused-ring (bicyclic) bond motifs is 1. The number of amidine groups is 1. The fraction of sp³-hybridized carbons (Fsp3) is 0.579. The summed E-state index contributed by atoms with van der Waals surface area (Å²) < 4.78 is 24.4. The number of carbonyl (C=O) groups excluding carboxylic acids is 1. The standard InChI is InChI=1S/C19H25FN2O3/c1-19(2,3)25-18(23)21-17-6-4-5-15-11-24-12-16(22(15)17)13-7-9-14(20)10-8-13/h7-10,15-16H,4-6,11-12H2,1-3H3/b21-17+. The van der Waals surface area contributed by atoms with Crippen LogP contribution in [-0.2, 0) is 9.47 Å². The van der Waals surface area contributed by atoms with Gasteiger partial charge in [-0.25, -0.2) is 9.18 Å². The van der Waals surface area contributed by atoms with Crippen molar-refractivity contribution in [2.24, 2.45) is 4.99 Å². The molecule has 0 radical (unpaired) electrons. The minimum Gasteiger partial charge on any atom is -0.442 e. The molecule has 0 saturated carbocycles. The summed E-state index contributed by atoms with van der Waals surface area (Å²) in [7, 11) is 0. The molecule has 0 aromatic heterocycles. The third kappa shape index (κ3) is 4.37. The Bertz CT molecular complexity index is 650. The molecule has 2 aliphatic heterocycles. The van der Waals surface area contributed by atoms with Crippen LogP contribution >= 0.6 is 0 Å². The molecule has 1 aromatic rings. The van der Waals surface area contributed by atoms with Gasteiger partial charge in [-0.15, -0.1) is 0 Å². The Hall–Kier alpha value is -1.95. The Balaban J connectivity index is 1.87. The van der Waals surface area contributed by atoms with Crippen LogP contribution in [0.4, 0.5) is 9.18 Å². The van der Waals surface area contributed by atoms with Crippen molar-refractivity contribution >= 4 is 11.9 Å². The molecular formula is C19H25FN2O3. The molecule has 2 heterocycles. The van der Waals surface area contributed by atoms with Gasteiger partial charge in [0.25, 0.3) is 0 Å². The number of ether oxygens (including phenoxy) is 2. The van der Waals surface area contributed by atoms with Gasteiger partial charge in [0.2, 0.25) is 0 Å². The second-order valence-electron chi connectivity index (χ2n) is 7.57. The number of piperidine rings is 1. The summed E-state index contributed by atoms with van der Waals surface area (Å²) in [6.07, 6.45) is 2.12. The summed E-state index contributed by atoms with van der Waals surface area (Å²) in [5.74, 6) is 0.474. The molecule has 2 atom stereocenters. The smallest absolute Gasteiger partial charge is 0.435 e. The van der Waals surface area contributed by atoms with E-state index in [4.69, 9.17) is 9.47 Å². The number of nitrogens with zero attached hydrogens (tertiary/aromatic N) is 2. The van der Waals surface area contributed by atoms with Gasteiger partial charge in [-0.2, -0.15) is 4.99 Å². The molecule has 5 nitrogen and oxygen atoms in total. The number of rotatable bonds is 1. The number of hydrogen-bond acceptors (Lipinski definition) is 3. The monoisotopic (exact) mass is 348 g/mol. The molecular weight excluding hydrogens is 323 g/mol. The fourth-order valence-corrected chi connectivity index (χ4v) is 3.41. The van der Waals surface area contributed by atoms with E-state index in [0.29, 0.717) is 13.2 Å². The molecule has 2 unspecified atom stereocenters. The maximum atomic E-state index is 13.3. The van der Waals surface area contributed by atoms with Gasteiger partial charge in [-0.1, -0.05) is 12.1 Å². The molecule has 3 rings (SSSR count). The van der Waals surface area contributed by atoms with Gasteiger partial charge in [0.05, 0.1) is 25.3 Å². The van der Waals surface area contributed by atoms with E-state index in [0.717, 1.165) is 30.7 Å². The summed E-state index contributed by atoms with van der Waals surface area (Å²) in [4.78, 5) is 18.6. The van der Waals surface area contributed by atoms with Crippen molar-refractivity contribution in [2.75, 3.05) is 13.2 Å². The molecule has 1 aromatic carbocycles. The molecule has 6 heteroatoms. The largest absolute Gasteiger partial charge is 0.442 e. The number of carbonyl (C=O) groups is 1. The van der Waals surface area contributed by atoms with Crippen LogP contribution in [-0.4, -0.2) is 41.7 Å². The highest BCUT2D eigenvalue weighted by Gasteiger charge is 2.37. The number of halogens is 1. The quantitative estimate of drug-likeness (QED) is 0.767. The summed E-state index contributed by atoms with van der Waals surface area (Å²) in [6.45, 7) is 6.58. The van der Waals surface area contributed by atoms with Gasteiger partial charge >= 0.3 is 6.09 Å². The van der Waals surface area contributed by atoms with E-state index in [9.17, 15) is 9.18 Å². The van der Waals surface area contributed by atoms with Crippen molar-refractivity contribution in [1.29, 1.82) is 0 Å². The maximum absolute atomic E-state index is 13.3. The van der Waals surface area contributed by atoms with E-state index < -0.39 is 11.7 Å². The van der Waals surface area contributed by atoms with Crippen molar-refractivity contribution in [3.8, 4) is 0 Å². The number of amides is 1. The van der Waals surface area contributed by atoms with E-state index in [2.05, 4.69) is 9.89 Å². The highest BCUT2D eigenvalue weighted by Crippen LogP contribution is 2.34. The predicted molar refractivity (Wildman–Crippen MR) is 93.1 cm³/mol.